The molecule has 156 valence electrons. The number of hydrogen-bond acceptors (Lipinski definition) is 4. The third kappa shape index (κ3) is 5.93. The summed E-state index contributed by atoms with van der Waals surface area (Å²) in [5.41, 5.74) is 3.57. The van der Waals surface area contributed by atoms with Crippen molar-refractivity contribution in [2.24, 2.45) is 0 Å². The average molecular weight is 405 g/mol. The van der Waals surface area contributed by atoms with Crippen LogP contribution in [0.2, 0.25) is 0 Å². The molecule has 2 aromatic carbocycles. The van der Waals surface area contributed by atoms with Gasteiger partial charge in [0.05, 0.1) is 7.11 Å². The number of unbranched alkanes of at least 4 members (excludes halogenated alkanes) is 1. The Labute approximate surface area is 178 Å². The molecular formula is C26H28O4. The van der Waals surface area contributed by atoms with Crippen molar-refractivity contribution in [3.05, 3.63) is 70.8 Å². The van der Waals surface area contributed by atoms with E-state index in [9.17, 15) is 9.59 Å². The molecule has 0 atom stereocenters. The molecule has 2 aromatic rings. The zero-order valence-corrected chi connectivity index (χ0v) is 17.6. The second-order valence-electron chi connectivity index (χ2n) is 7.44. The van der Waals surface area contributed by atoms with Gasteiger partial charge in [-0.2, -0.15) is 0 Å². The van der Waals surface area contributed by atoms with Crippen molar-refractivity contribution in [2.45, 2.75) is 45.4 Å². The molecule has 0 N–H and O–H groups in total. The minimum absolute atomic E-state index is 0.104. The lowest BCUT2D eigenvalue weighted by Crippen LogP contribution is -2.12. The smallest absolute Gasteiger partial charge is 0.311 e. The molecule has 0 saturated heterocycles. The third-order valence-corrected chi connectivity index (χ3v) is 5.12. The van der Waals surface area contributed by atoms with E-state index in [1.54, 1.807) is 19.2 Å². The topological polar surface area (TPSA) is 52.6 Å². The molecular weight excluding hydrogens is 376 g/mol. The first-order valence-electron chi connectivity index (χ1n) is 10.5. The molecule has 0 unspecified atom stereocenters. The van der Waals surface area contributed by atoms with E-state index in [1.807, 2.05) is 55.5 Å². The molecule has 4 heteroatoms. The van der Waals surface area contributed by atoms with Gasteiger partial charge in [-0.3, -0.25) is 9.59 Å². The fourth-order valence-corrected chi connectivity index (χ4v) is 3.42. The van der Waals surface area contributed by atoms with Crippen LogP contribution >= 0.6 is 0 Å². The lowest BCUT2D eigenvalue weighted by molar-refractivity contribution is -0.134. The summed E-state index contributed by atoms with van der Waals surface area (Å²) >= 11 is 0. The lowest BCUT2D eigenvalue weighted by Gasteiger charge is -2.16. The lowest BCUT2D eigenvalue weighted by atomic mass is 9.87. The molecule has 1 saturated carbocycles. The normalized spacial score (nSPS) is 16.7. The van der Waals surface area contributed by atoms with Gasteiger partial charge in [-0.1, -0.05) is 37.6 Å². The molecule has 3 rings (SSSR count). The molecule has 0 radical (unpaired) electrons. The van der Waals surface area contributed by atoms with Gasteiger partial charge in [0.25, 0.3) is 0 Å². The largest absolute Gasteiger partial charge is 0.497 e. The predicted octanol–water partition coefficient (Wildman–Crippen LogP) is 6.01. The monoisotopic (exact) mass is 404 g/mol. The standard InChI is InChI=1S/C26H28O4/c1-3-4-8-25(27)30-24-15-11-20(12-16-24)18-22-7-5-6-21(26(22)28)17-19-9-13-23(29-2)14-10-19/h9-18H,3-8H2,1-2H3. The first-order valence-corrected chi connectivity index (χ1v) is 10.5. The van der Waals surface area contributed by atoms with Crippen LogP contribution in [-0.4, -0.2) is 18.9 Å². The molecule has 30 heavy (non-hydrogen) atoms. The van der Waals surface area contributed by atoms with Crippen molar-refractivity contribution in [2.75, 3.05) is 7.11 Å². The maximum atomic E-state index is 12.9. The minimum atomic E-state index is -0.210. The number of methoxy groups -OCH3 is 1. The van der Waals surface area contributed by atoms with Crippen molar-refractivity contribution in [1.82, 2.24) is 0 Å². The third-order valence-electron chi connectivity index (χ3n) is 5.12. The molecule has 4 nitrogen and oxygen atoms in total. The maximum Gasteiger partial charge on any atom is 0.311 e. The van der Waals surface area contributed by atoms with Crippen molar-refractivity contribution < 1.29 is 19.1 Å². The first kappa shape index (κ1) is 21.6. The molecule has 0 aliphatic heterocycles. The van der Waals surface area contributed by atoms with E-state index >= 15 is 0 Å². The summed E-state index contributed by atoms with van der Waals surface area (Å²) in [6.07, 6.45) is 8.63. The zero-order valence-electron chi connectivity index (χ0n) is 17.6. The van der Waals surface area contributed by atoms with E-state index in [2.05, 4.69) is 0 Å². The maximum absolute atomic E-state index is 12.9. The van der Waals surface area contributed by atoms with Crippen LogP contribution in [0, 0.1) is 0 Å². The predicted molar refractivity (Wildman–Crippen MR) is 119 cm³/mol. The van der Waals surface area contributed by atoms with Gasteiger partial charge >= 0.3 is 5.97 Å². The Morgan fingerprint density at radius 2 is 1.43 bits per heavy atom. The van der Waals surface area contributed by atoms with Gasteiger partial charge in [0.1, 0.15) is 11.5 Å². The van der Waals surface area contributed by atoms with E-state index < -0.39 is 0 Å². The number of esters is 1. The summed E-state index contributed by atoms with van der Waals surface area (Å²) in [7, 11) is 1.64. The highest BCUT2D eigenvalue weighted by molar-refractivity contribution is 6.13. The van der Waals surface area contributed by atoms with Crippen LogP contribution in [0.5, 0.6) is 11.5 Å². The Bertz CT molecular complexity index is 934. The molecule has 0 amide bonds. The van der Waals surface area contributed by atoms with E-state index in [1.165, 1.54) is 0 Å². The second-order valence-corrected chi connectivity index (χ2v) is 7.44. The van der Waals surface area contributed by atoms with Crippen molar-refractivity contribution in [3.8, 4) is 11.5 Å². The Hall–Kier alpha value is -3.14. The minimum Gasteiger partial charge on any atom is -0.497 e. The number of ether oxygens (including phenoxy) is 2. The van der Waals surface area contributed by atoms with Crippen LogP contribution in [0.3, 0.4) is 0 Å². The van der Waals surface area contributed by atoms with Crippen molar-refractivity contribution >= 4 is 23.9 Å². The number of rotatable bonds is 7. The van der Waals surface area contributed by atoms with Gasteiger partial charge in [-0.15, -0.1) is 0 Å². The van der Waals surface area contributed by atoms with Gasteiger partial charge in [-0.25, -0.2) is 0 Å². The molecule has 1 aliphatic rings. The number of Topliss-reactive ketones (excluding diaryl/α,β-unsaturated/α-hetero) is 1. The fraction of sp³-hybridized carbons (Fsp3) is 0.308. The summed E-state index contributed by atoms with van der Waals surface area (Å²) in [5, 5.41) is 0. The van der Waals surface area contributed by atoms with Gasteiger partial charge < -0.3 is 9.47 Å². The summed E-state index contributed by atoms with van der Waals surface area (Å²) < 4.78 is 10.5. The molecule has 0 bridgehead atoms. The Morgan fingerprint density at radius 3 is 1.93 bits per heavy atom. The van der Waals surface area contributed by atoms with E-state index in [0.29, 0.717) is 12.2 Å². The molecule has 0 spiro atoms. The Balaban J connectivity index is 1.69. The number of benzene rings is 2. The molecule has 0 heterocycles. The quantitative estimate of drug-likeness (QED) is 0.322. The van der Waals surface area contributed by atoms with Gasteiger partial charge in [0.15, 0.2) is 5.78 Å². The summed E-state index contributed by atoms with van der Waals surface area (Å²) in [5.74, 6) is 1.23. The summed E-state index contributed by atoms with van der Waals surface area (Å²) in [6.45, 7) is 2.04. The van der Waals surface area contributed by atoms with Crippen molar-refractivity contribution in [1.29, 1.82) is 0 Å². The summed E-state index contributed by atoms with van der Waals surface area (Å²) in [4.78, 5) is 24.7. The summed E-state index contributed by atoms with van der Waals surface area (Å²) in [6, 6.07) is 15.0. The van der Waals surface area contributed by atoms with Gasteiger partial charge in [0.2, 0.25) is 0 Å². The number of allylic oxidation sites excluding steroid dienone is 2. The number of hydrogen-bond donors (Lipinski definition) is 0. The van der Waals surface area contributed by atoms with Crippen LogP contribution in [0.4, 0.5) is 0 Å². The first-order chi connectivity index (χ1) is 14.6. The van der Waals surface area contributed by atoms with E-state index in [-0.39, 0.29) is 11.8 Å². The molecule has 0 aromatic heterocycles. The highest BCUT2D eigenvalue weighted by atomic mass is 16.5. The Morgan fingerprint density at radius 1 is 0.900 bits per heavy atom. The second kappa shape index (κ2) is 10.6. The van der Waals surface area contributed by atoms with Crippen LogP contribution in [0.25, 0.3) is 12.2 Å². The fourth-order valence-electron chi connectivity index (χ4n) is 3.42. The van der Waals surface area contributed by atoms with Crippen LogP contribution in [-0.2, 0) is 9.59 Å². The van der Waals surface area contributed by atoms with Crippen LogP contribution in [0.15, 0.2) is 59.7 Å². The zero-order chi connectivity index (χ0) is 21.3. The number of ketones is 1. The molecule has 1 fully saturated rings. The van der Waals surface area contributed by atoms with Crippen LogP contribution < -0.4 is 9.47 Å². The average Bonchev–Trinajstić information content (AvgIpc) is 2.77. The van der Waals surface area contributed by atoms with E-state index in [4.69, 9.17) is 9.47 Å². The van der Waals surface area contributed by atoms with Gasteiger partial charge in [-0.05, 0) is 73.2 Å². The van der Waals surface area contributed by atoms with Crippen molar-refractivity contribution in [3.63, 3.8) is 0 Å². The van der Waals surface area contributed by atoms with Gasteiger partial charge in [0, 0.05) is 17.6 Å². The van der Waals surface area contributed by atoms with Crippen LogP contribution in [0.1, 0.15) is 56.6 Å². The van der Waals surface area contributed by atoms with E-state index in [0.717, 1.165) is 60.1 Å². The number of carbonyl (C=O) groups excluding carboxylic acids is 2. The molecule has 1 aliphatic carbocycles. The SMILES string of the molecule is CCCCC(=O)Oc1ccc(C=C2CCCC(=Cc3ccc(OC)cc3)C2=O)cc1. The number of carbonyl (C=O) groups is 2. The Kier molecular flexibility index (Phi) is 7.61. The highest BCUT2D eigenvalue weighted by Gasteiger charge is 2.20. The highest BCUT2D eigenvalue weighted by Crippen LogP contribution is 2.28.